The van der Waals surface area contributed by atoms with E-state index in [9.17, 15) is 0 Å². The van der Waals surface area contributed by atoms with Crippen LogP contribution in [0, 0.1) is 6.92 Å². The van der Waals surface area contributed by atoms with E-state index in [1.54, 1.807) is 10.7 Å². The van der Waals surface area contributed by atoms with Crippen LogP contribution in [0.4, 0.5) is 5.82 Å². The Labute approximate surface area is 127 Å². The lowest BCUT2D eigenvalue weighted by atomic mass is 10.1. The van der Waals surface area contributed by atoms with Gasteiger partial charge in [-0.3, -0.25) is 0 Å². The van der Waals surface area contributed by atoms with Crippen molar-refractivity contribution in [2.75, 3.05) is 11.9 Å². The SMILES string of the molecule is Cc1cc(N[C@H]2CCO[C@@H]2c2nccn2C)n2ncnc2n1. The van der Waals surface area contributed by atoms with Crippen molar-refractivity contribution in [2.24, 2.45) is 7.05 Å². The molecule has 114 valence electrons. The standard InChI is InChI=1S/C14H17N7O/c1-9-7-11(21-14(18-9)16-8-17-21)19-10-3-6-22-12(10)13-15-4-5-20(13)2/h4-5,7-8,10,12,19H,3,6H2,1-2H3/t10-,12-/m0/s1. The molecule has 1 N–H and O–H groups in total. The van der Waals surface area contributed by atoms with Crippen LogP contribution in [0.15, 0.2) is 24.8 Å². The summed E-state index contributed by atoms with van der Waals surface area (Å²) < 4.78 is 9.58. The largest absolute Gasteiger partial charge is 0.368 e. The molecular formula is C14H17N7O. The van der Waals surface area contributed by atoms with Crippen molar-refractivity contribution in [3.63, 3.8) is 0 Å². The summed E-state index contributed by atoms with van der Waals surface area (Å²) in [6.07, 6.45) is 6.07. The second-order valence-electron chi connectivity index (χ2n) is 5.48. The number of nitrogens with one attached hydrogen (secondary N) is 1. The molecule has 0 amide bonds. The van der Waals surface area contributed by atoms with Crippen LogP contribution in [-0.2, 0) is 11.8 Å². The molecule has 2 atom stereocenters. The molecule has 0 bridgehead atoms. The topological polar surface area (TPSA) is 82.2 Å². The number of ether oxygens (including phenoxy) is 1. The lowest BCUT2D eigenvalue weighted by Crippen LogP contribution is -2.26. The minimum Gasteiger partial charge on any atom is -0.368 e. The highest BCUT2D eigenvalue weighted by molar-refractivity contribution is 5.45. The van der Waals surface area contributed by atoms with E-state index in [4.69, 9.17) is 4.74 Å². The lowest BCUT2D eigenvalue weighted by Gasteiger charge is -2.21. The number of rotatable bonds is 3. The molecule has 8 nitrogen and oxygen atoms in total. The van der Waals surface area contributed by atoms with E-state index >= 15 is 0 Å². The summed E-state index contributed by atoms with van der Waals surface area (Å²) in [5.74, 6) is 2.39. The average Bonchev–Trinajstić information content (AvgIpc) is 3.18. The number of anilines is 1. The molecule has 0 saturated carbocycles. The Morgan fingerprint density at radius 1 is 1.36 bits per heavy atom. The molecule has 4 heterocycles. The van der Waals surface area contributed by atoms with Gasteiger partial charge in [-0.2, -0.15) is 14.6 Å². The molecule has 22 heavy (non-hydrogen) atoms. The Balaban J connectivity index is 1.67. The molecule has 1 saturated heterocycles. The van der Waals surface area contributed by atoms with Gasteiger partial charge in [-0.15, -0.1) is 0 Å². The van der Waals surface area contributed by atoms with Gasteiger partial charge in [0.25, 0.3) is 5.78 Å². The van der Waals surface area contributed by atoms with Crippen LogP contribution in [0.3, 0.4) is 0 Å². The second-order valence-corrected chi connectivity index (χ2v) is 5.48. The highest BCUT2D eigenvalue weighted by atomic mass is 16.5. The van der Waals surface area contributed by atoms with Crippen LogP contribution in [0.1, 0.15) is 24.0 Å². The number of aryl methyl sites for hydroxylation is 2. The van der Waals surface area contributed by atoms with Gasteiger partial charge in [0, 0.05) is 37.8 Å². The van der Waals surface area contributed by atoms with E-state index in [1.165, 1.54) is 6.33 Å². The average molecular weight is 299 g/mol. The number of hydrogen-bond donors (Lipinski definition) is 1. The van der Waals surface area contributed by atoms with Crippen molar-refractivity contribution in [1.82, 2.24) is 29.1 Å². The van der Waals surface area contributed by atoms with E-state index in [-0.39, 0.29) is 12.1 Å². The Morgan fingerprint density at radius 2 is 2.27 bits per heavy atom. The molecule has 1 fully saturated rings. The Morgan fingerprint density at radius 3 is 3.09 bits per heavy atom. The van der Waals surface area contributed by atoms with Crippen molar-refractivity contribution < 1.29 is 4.74 Å². The Bertz CT molecular complexity index is 808. The van der Waals surface area contributed by atoms with E-state index in [2.05, 4.69) is 25.4 Å². The van der Waals surface area contributed by atoms with Crippen molar-refractivity contribution in [3.05, 3.63) is 36.3 Å². The van der Waals surface area contributed by atoms with Crippen LogP contribution < -0.4 is 5.32 Å². The monoisotopic (exact) mass is 299 g/mol. The first-order valence-corrected chi connectivity index (χ1v) is 7.25. The number of fused-ring (bicyclic) bond motifs is 1. The summed E-state index contributed by atoms with van der Waals surface area (Å²) in [7, 11) is 1.98. The predicted molar refractivity (Wildman–Crippen MR) is 79.4 cm³/mol. The number of hydrogen-bond acceptors (Lipinski definition) is 6. The molecule has 1 aliphatic heterocycles. The number of aromatic nitrogens is 6. The maximum absolute atomic E-state index is 5.88. The molecule has 0 aromatic carbocycles. The number of imidazole rings is 1. The summed E-state index contributed by atoms with van der Waals surface area (Å²) in [4.78, 5) is 12.9. The smallest absolute Gasteiger partial charge is 0.254 e. The van der Waals surface area contributed by atoms with Crippen molar-refractivity contribution in [2.45, 2.75) is 25.5 Å². The van der Waals surface area contributed by atoms with Gasteiger partial charge in [0.15, 0.2) is 0 Å². The van der Waals surface area contributed by atoms with E-state index in [1.807, 2.05) is 30.8 Å². The van der Waals surface area contributed by atoms with Crippen LogP contribution in [0.25, 0.3) is 5.78 Å². The fraction of sp³-hybridized carbons (Fsp3) is 0.429. The maximum Gasteiger partial charge on any atom is 0.254 e. The molecule has 0 radical (unpaired) electrons. The first-order valence-electron chi connectivity index (χ1n) is 7.25. The second kappa shape index (κ2) is 5.06. The minimum absolute atomic E-state index is 0.0768. The van der Waals surface area contributed by atoms with Crippen LogP contribution in [-0.4, -0.2) is 41.8 Å². The predicted octanol–water partition coefficient (Wildman–Crippen LogP) is 1.11. The first kappa shape index (κ1) is 13.2. The summed E-state index contributed by atoms with van der Waals surface area (Å²) in [6, 6.07) is 2.10. The molecule has 1 aliphatic rings. The molecule has 3 aromatic heterocycles. The van der Waals surface area contributed by atoms with Crippen molar-refractivity contribution in [3.8, 4) is 0 Å². The van der Waals surface area contributed by atoms with Gasteiger partial charge in [-0.05, 0) is 13.3 Å². The number of nitrogens with zero attached hydrogens (tertiary/aromatic N) is 6. The third kappa shape index (κ3) is 2.12. The molecule has 8 heteroatoms. The van der Waals surface area contributed by atoms with Gasteiger partial charge in [-0.25, -0.2) is 9.97 Å². The summed E-state index contributed by atoms with van der Waals surface area (Å²) in [5.41, 5.74) is 0.899. The van der Waals surface area contributed by atoms with Crippen LogP contribution in [0.2, 0.25) is 0 Å². The molecule has 0 unspecified atom stereocenters. The zero-order valence-electron chi connectivity index (χ0n) is 12.5. The molecule has 3 aromatic rings. The first-order chi connectivity index (χ1) is 10.7. The van der Waals surface area contributed by atoms with Crippen molar-refractivity contribution in [1.29, 1.82) is 0 Å². The maximum atomic E-state index is 5.88. The molecule has 0 aliphatic carbocycles. The van der Waals surface area contributed by atoms with Crippen molar-refractivity contribution >= 4 is 11.6 Å². The fourth-order valence-corrected chi connectivity index (χ4v) is 2.87. The van der Waals surface area contributed by atoms with Gasteiger partial charge < -0.3 is 14.6 Å². The quantitative estimate of drug-likeness (QED) is 0.780. The van der Waals surface area contributed by atoms with E-state index in [0.29, 0.717) is 12.4 Å². The van der Waals surface area contributed by atoms with Gasteiger partial charge in [-0.1, -0.05) is 0 Å². The van der Waals surface area contributed by atoms with Crippen LogP contribution in [0.5, 0.6) is 0 Å². The Hall–Kier alpha value is -2.48. The summed E-state index contributed by atoms with van der Waals surface area (Å²) in [6.45, 7) is 2.65. The molecule has 4 rings (SSSR count). The summed E-state index contributed by atoms with van der Waals surface area (Å²) in [5, 5.41) is 7.74. The van der Waals surface area contributed by atoms with Gasteiger partial charge in [0.1, 0.15) is 24.1 Å². The third-order valence-electron chi connectivity index (χ3n) is 3.92. The highest BCUT2D eigenvalue weighted by Crippen LogP contribution is 2.30. The highest BCUT2D eigenvalue weighted by Gasteiger charge is 2.33. The summed E-state index contributed by atoms with van der Waals surface area (Å²) >= 11 is 0. The van der Waals surface area contributed by atoms with Crippen LogP contribution >= 0.6 is 0 Å². The lowest BCUT2D eigenvalue weighted by molar-refractivity contribution is 0.0983. The molecule has 0 spiro atoms. The zero-order chi connectivity index (χ0) is 15.1. The third-order valence-corrected chi connectivity index (χ3v) is 3.92. The Kier molecular flexibility index (Phi) is 3.04. The van der Waals surface area contributed by atoms with Gasteiger partial charge >= 0.3 is 0 Å². The normalized spacial score (nSPS) is 21.5. The van der Waals surface area contributed by atoms with E-state index in [0.717, 1.165) is 23.8 Å². The fourth-order valence-electron chi connectivity index (χ4n) is 2.87. The zero-order valence-corrected chi connectivity index (χ0v) is 12.5. The molecular weight excluding hydrogens is 282 g/mol. The minimum atomic E-state index is -0.0768. The van der Waals surface area contributed by atoms with E-state index < -0.39 is 0 Å². The van der Waals surface area contributed by atoms with Gasteiger partial charge in [0.05, 0.1) is 6.04 Å². The van der Waals surface area contributed by atoms with Gasteiger partial charge in [0.2, 0.25) is 0 Å².